The number of aromatic nitrogens is 1. The molecule has 5 nitrogen and oxygen atoms in total. The van der Waals surface area contributed by atoms with Gasteiger partial charge in [-0.15, -0.1) is 0 Å². The van der Waals surface area contributed by atoms with Gasteiger partial charge >= 0.3 is 0 Å². The number of amides is 1. The van der Waals surface area contributed by atoms with E-state index < -0.39 is 0 Å². The summed E-state index contributed by atoms with van der Waals surface area (Å²) in [5.41, 5.74) is 2.08. The molecule has 2 aliphatic heterocycles. The molecule has 2 saturated heterocycles. The summed E-state index contributed by atoms with van der Waals surface area (Å²) in [4.78, 5) is 17.4. The van der Waals surface area contributed by atoms with Crippen LogP contribution in [0, 0.1) is 19.8 Å². The lowest BCUT2D eigenvalue weighted by atomic mass is 9.87. The van der Waals surface area contributed by atoms with Gasteiger partial charge in [0.05, 0.1) is 12.2 Å². The van der Waals surface area contributed by atoms with Gasteiger partial charge in [0.25, 0.3) is 0 Å². The van der Waals surface area contributed by atoms with Crippen LogP contribution in [0.5, 0.6) is 0 Å². The highest BCUT2D eigenvalue weighted by atomic mass is 16.5. The van der Waals surface area contributed by atoms with Crippen molar-refractivity contribution in [3.05, 3.63) is 17.0 Å². The molecule has 1 saturated carbocycles. The van der Waals surface area contributed by atoms with E-state index >= 15 is 0 Å². The minimum absolute atomic E-state index is 0.0610. The van der Waals surface area contributed by atoms with E-state index in [9.17, 15) is 4.79 Å². The zero-order valence-corrected chi connectivity index (χ0v) is 15.0. The molecule has 1 aliphatic carbocycles. The highest BCUT2D eigenvalue weighted by Gasteiger charge is 2.46. The Bertz CT molecular complexity index is 603. The number of hydrogen-bond donors (Lipinski definition) is 0. The molecule has 3 heterocycles. The van der Waals surface area contributed by atoms with E-state index in [1.165, 1.54) is 32.4 Å². The predicted octanol–water partition coefficient (Wildman–Crippen LogP) is 3.05. The van der Waals surface area contributed by atoms with Crippen LogP contribution in [0.25, 0.3) is 0 Å². The molecule has 3 aliphatic rings. The quantitative estimate of drug-likeness (QED) is 0.851. The number of rotatable bonds is 4. The van der Waals surface area contributed by atoms with Crippen LogP contribution in [0.1, 0.15) is 62.0 Å². The van der Waals surface area contributed by atoms with Crippen LogP contribution in [0.4, 0.5) is 0 Å². The molecule has 1 aromatic heterocycles. The standard InChI is InChI=1S/C19H29N3O2/c1-14-17(15(2)24-20-14)13-22-18(23)6-8-19(22)7-3-10-21(11-9-19)12-16-4-5-16/h16H,3-13H2,1-2H3. The maximum atomic E-state index is 12.6. The third kappa shape index (κ3) is 2.99. The van der Waals surface area contributed by atoms with E-state index in [0.29, 0.717) is 18.9 Å². The topological polar surface area (TPSA) is 49.6 Å². The molecule has 132 valence electrons. The number of likely N-dealkylation sites (tertiary alicyclic amines) is 2. The Morgan fingerprint density at radius 2 is 2.04 bits per heavy atom. The predicted molar refractivity (Wildman–Crippen MR) is 91.5 cm³/mol. The molecule has 0 N–H and O–H groups in total. The normalized spacial score (nSPS) is 28.8. The average molecular weight is 331 g/mol. The SMILES string of the molecule is Cc1noc(C)c1CN1C(=O)CCC12CCCN(CC1CC1)CC2. The average Bonchev–Trinajstić information content (AvgIpc) is 3.29. The zero-order chi connectivity index (χ0) is 16.7. The molecule has 3 fully saturated rings. The first-order valence-corrected chi connectivity index (χ1v) is 9.52. The molecule has 1 amide bonds. The van der Waals surface area contributed by atoms with Crippen molar-refractivity contribution in [3.63, 3.8) is 0 Å². The summed E-state index contributed by atoms with van der Waals surface area (Å²) in [6.07, 6.45) is 8.02. The van der Waals surface area contributed by atoms with Gasteiger partial charge in [-0.1, -0.05) is 5.16 Å². The Balaban J connectivity index is 1.50. The second-order valence-electron chi connectivity index (χ2n) is 8.10. The number of aryl methyl sites for hydroxylation is 2. The van der Waals surface area contributed by atoms with Crippen molar-refractivity contribution >= 4 is 5.91 Å². The Morgan fingerprint density at radius 3 is 2.75 bits per heavy atom. The van der Waals surface area contributed by atoms with E-state index in [-0.39, 0.29) is 5.54 Å². The van der Waals surface area contributed by atoms with E-state index in [1.807, 2.05) is 13.8 Å². The van der Waals surface area contributed by atoms with Crippen LogP contribution in [0.3, 0.4) is 0 Å². The lowest BCUT2D eigenvalue weighted by molar-refractivity contribution is -0.132. The van der Waals surface area contributed by atoms with Gasteiger partial charge in [0.1, 0.15) is 5.76 Å². The van der Waals surface area contributed by atoms with E-state index in [0.717, 1.165) is 48.7 Å². The van der Waals surface area contributed by atoms with Crippen LogP contribution in [0.2, 0.25) is 0 Å². The summed E-state index contributed by atoms with van der Waals surface area (Å²) < 4.78 is 5.31. The maximum absolute atomic E-state index is 12.6. The van der Waals surface area contributed by atoms with E-state index in [4.69, 9.17) is 4.52 Å². The Labute approximate surface area is 144 Å². The molecule has 0 radical (unpaired) electrons. The van der Waals surface area contributed by atoms with Gasteiger partial charge in [-0.2, -0.15) is 0 Å². The molecule has 1 unspecified atom stereocenters. The van der Waals surface area contributed by atoms with Crippen LogP contribution in [0.15, 0.2) is 4.52 Å². The Hall–Kier alpha value is -1.36. The van der Waals surface area contributed by atoms with E-state index in [1.54, 1.807) is 0 Å². The summed E-state index contributed by atoms with van der Waals surface area (Å²) in [7, 11) is 0. The number of carbonyl (C=O) groups excluding carboxylic acids is 1. The fraction of sp³-hybridized carbons (Fsp3) is 0.789. The van der Waals surface area contributed by atoms with Crippen molar-refractivity contribution in [1.82, 2.24) is 15.0 Å². The van der Waals surface area contributed by atoms with Crippen molar-refractivity contribution in [1.29, 1.82) is 0 Å². The summed E-state index contributed by atoms with van der Waals surface area (Å²) in [6.45, 7) is 8.21. The summed E-state index contributed by atoms with van der Waals surface area (Å²) >= 11 is 0. The molecule has 0 bridgehead atoms. The van der Waals surface area contributed by atoms with Gasteiger partial charge in [-0.05, 0) is 64.8 Å². The van der Waals surface area contributed by atoms with Crippen molar-refractivity contribution < 1.29 is 9.32 Å². The smallest absolute Gasteiger partial charge is 0.223 e. The minimum Gasteiger partial charge on any atom is -0.361 e. The van der Waals surface area contributed by atoms with Gasteiger partial charge in [-0.3, -0.25) is 4.79 Å². The molecule has 1 atom stereocenters. The van der Waals surface area contributed by atoms with Crippen molar-refractivity contribution in [2.24, 2.45) is 5.92 Å². The molecule has 4 rings (SSSR count). The Kier molecular flexibility index (Phi) is 4.15. The van der Waals surface area contributed by atoms with Crippen LogP contribution >= 0.6 is 0 Å². The molecule has 5 heteroatoms. The monoisotopic (exact) mass is 331 g/mol. The second kappa shape index (κ2) is 6.17. The first-order chi connectivity index (χ1) is 11.6. The maximum Gasteiger partial charge on any atom is 0.223 e. The minimum atomic E-state index is 0.0610. The zero-order valence-electron chi connectivity index (χ0n) is 15.0. The van der Waals surface area contributed by atoms with Crippen LogP contribution < -0.4 is 0 Å². The number of hydrogen-bond acceptors (Lipinski definition) is 4. The van der Waals surface area contributed by atoms with E-state index in [2.05, 4.69) is 15.0 Å². The number of carbonyl (C=O) groups is 1. The van der Waals surface area contributed by atoms with Gasteiger partial charge in [0, 0.05) is 30.6 Å². The molecule has 0 aromatic carbocycles. The van der Waals surface area contributed by atoms with Crippen LogP contribution in [-0.2, 0) is 11.3 Å². The highest BCUT2D eigenvalue weighted by Crippen LogP contribution is 2.41. The lowest BCUT2D eigenvalue weighted by Gasteiger charge is -2.38. The van der Waals surface area contributed by atoms with Crippen molar-refractivity contribution in [2.45, 2.75) is 70.9 Å². The molecule has 1 aromatic rings. The third-order valence-corrected chi connectivity index (χ3v) is 6.40. The van der Waals surface area contributed by atoms with Crippen molar-refractivity contribution in [2.75, 3.05) is 19.6 Å². The summed E-state index contributed by atoms with van der Waals surface area (Å²) in [6, 6.07) is 0. The second-order valence-corrected chi connectivity index (χ2v) is 8.10. The first-order valence-electron chi connectivity index (χ1n) is 9.52. The molecular formula is C19H29N3O2. The fourth-order valence-corrected chi connectivity index (χ4v) is 4.62. The molecule has 1 spiro atoms. The largest absolute Gasteiger partial charge is 0.361 e. The van der Waals surface area contributed by atoms with Gasteiger partial charge < -0.3 is 14.3 Å². The van der Waals surface area contributed by atoms with Crippen molar-refractivity contribution in [3.8, 4) is 0 Å². The number of nitrogens with zero attached hydrogens (tertiary/aromatic N) is 3. The molecular weight excluding hydrogens is 302 g/mol. The summed E-state index contributed by atoms with van der Waals surface area (Å²) in [5, 5.41) is 4.07. The summed E-state index contributed by atoms with van der Waals surface area (Å²) in [5.74, 6) is 2.11. The fourth-order valence-electron chi connectivity index (χ4n) is 4.62. The van der Waals surface area contributed by atoms with Gasteiger partial charge in [-0.25, -0.2) is 0 Å². The molecule has 24 heavy (non-hydrogen) atoms. The van der Waals surface area contributed by atoms with Gasteiger partial charge in [0.2, 0.25) is 5.91 Å². The Morgan fingerprint density at radius 1 is 1.21 bits per heavy atom. The van der Waals surface area contributed by atoms with Crippen LogP contribution in [-0.4, -0.2) is 46.0 Å². The van der Waals surface area contributed by atoms with Gasteiger partial charge in [0.15, 0.2) is 0 Å². The highest BCUT2D eigenvalue weighted by molar-refractivity contribution is 5.79. The lowest BCUT2D eigenvalue weighted by Crippen LogP contribution is -2.46. The first kappa shape index (κ1) is 16.1. The third-order valence-electron chi connectivity index (χ3n) is 6.40.